The maximum absolute atomic E-state index is 12.6. The number of ether oxygens (including phenoxy) is 2. The molecule has 1 aliphatic rings. The number of nitrogens with two attached hydrogens (primary N) is 1. The first kappa shape index (κ1) is 23.6. The number of nitrogen functional groups attached to an aromatic ring is 1. The van der Waals surface area contributed by atoms with Crippen molar-refractivity contribution in [3.8, 4) is 0 Å². The minimum Gasteiger partial charge on any atom is -0.462 e. The average molecular weight is 489 g/mol. The van der Waals surface area contributed by atoms with Gasteiger partial charge in [-0.25, -0.2) is 23.0 Å². The molecule has 0 saturated carbocycles. The monoisotopic (exact) mass is 488 g/mol. The van der Waals surface area contributed by atoms with Gasteiger partial charge < -0.3 is 19.6 Å². The first-order valence-corrected chi connectivity index (χ1v) is 12.2. The number of aryl methyl sites for hydroxylation is 1. The van der Waals surface area contributed by atoms with Gasteiger partial charge in [0, 0.05) is 13.1 Å². The smallest absolute Gasteiger partial charge is 0.342 e. The fourth-order valence-electron chi connectivity index (χ4n) is 3.75. The summed E-state index contributed by atoms with van der Waals surface area (Å²) in [6.07, 6.45) is 1.67. The quantitative estimate of drug-likeness (QED) is 0.490. The molecule has 3 heterocycles. The van der Waals surface area contributed by atoms with E-state index in [2.05, 4.69) is 9.97 Å². The van der Waals surface area contributed by atoms with Crippen molar-refractivity contribution < 1.29 is 31.9 Å². The number of esters is 2. The summed E-state index contributed by atoms with van der Waals surface area (Å²) in [5.74, 6) is -0.922. The van der Waals surface area contributed by atoms with Crippen molar-refractivity contribution in [3.63, 3.8) is 0 Å². The van der Waals surface area contributed by atoms with Crippen LogP contribution in [0.25, 0.3) is 11.1 Å². The van der Waals surface area contributed by atoms with E-state index in [0.29, 0.717) is 13.1 Å². The molecule has 34 heavy (non-hydrogen) atoms. The van der Waals surface area contributed by atoms with Gasteiger partial charge in [0.1, 0.15) is 17.1 Å². The lowest BCUT2D eigenvalue weighted by Gasteiger charge is -2.15. The van der Waals surface area contributed by atoms with Crippen LogP contribution in [0.5, 0.6) is 0 Å². The summed E-state index contributed by atoms with van der Waals surface area (Å²) in [5, 5.41) is 0.237. The van der Waals surface area contributed by atoms with Crippen LogP contribution in [0.15, 0.2) is 33.6 Å². The van der Waals surface area contributed by atoms with E-state index in [1.54, 1.807) is 13.8 Å². The van der Waals surface area contributed by atoms with E-state index in [9.17, 15) is 18.0 Å². The van der Waals surface area contributed by atoms with Crippen LogP contribution in [-0.4, -0.2) is 54.3 Å². The SMILES string of the molecule is CCOC(=O)c1c(C)oc2nc(COC(=O)c3ccc(S(=O)(=O)N4CCCC4)cc3)nc(N)c12. The number of fused-ring (bicyclic) bond motifs is 1. The molecule has 0 atom stereocenters. The summed E-state index contributed by atoms with van der Waals surface area (Å²) in [7, 11) is -3.57. The zero-order chi connectivity index (χ0) is 24.5. The van der Waals surface area contributed by atoms with E-state index in [1.807, 2.05) is 0 Å². The van der Waals surface area contributed by atoms with Crippen LogP contribution in [-0.2, 0) is 26.1 Å². The third-order valence-electron chi connectivity index (χ3n) is 5.41. The molecule has 0 bridgehead atoms. The lowest BCUT2D eigenvalue weighted by molar-refractivity contribution is 0.0461. The summed E-state index contributed by atoms with van der Waals surface area (Å²) in [4.78, 5) is 33.1. The highest BCUT2D eigenvalue weighted by Crippen LogP contribution is 2.29. The number of furan rings is 1. The van der Waals surface area contributed by atoms with Gasteiger partial charge in [0.15, 0.2) is 12.4 Å². The normalized spacial score (nSPS) is 14.4. The fraction of sp³-hybridized carbons (Fsp3) is 0.364. The molecule has 180 valence electrons. The molecule has 1 fully saturated rings. The third-order valence-corrected chi connectivity index (χ3v) is 7.32. The Bertz CT molecular complexity index is 1340. The molecule has 3 aromatic rings. The molecule has 0 unspecified atom stereocenters. The number of anilines is 1. The second kappa shape index (κ2) is 9.39. The Morgan fingerprint density at radius 2 is 1.76 bits per heavy atom. The van der Waals surface area contributed by atoms with Gasteiger partial charge in [-0.15, -0.1) is 0 Å². The zero-order valence-electron chi connectivity index (χ0n) is 18.7. The number of carbonyl (C=O) groups excluding carboxylic acids is 2. The Kier molecular flexibility index (Phi) is 6.53. The van der Waals surface area contributed by atoms with Crippen molar-refractivity contribution in [1.29, 1.82) is 0 Å². The molecule has 12 heteroatoms. The van der Waals surface area contributed by atoms with E-state index < -0.39 is 22.0 Å². The van der Waals surface area contributed by atoms with Crippen LogP contribution >= 0.6 is 0 Å². The van der Waals surface area contributed by atoms with E-state index in [4.69, 9.17) is 19.6 Å². The highest BCUT2D eigenvalue weighted by atomic mass is 32.2. The molecule has 0 amide bonds. The molecule has 2 N–H and O–H groups in total. The van der Waals surface area contributed by atoms with Crippen LogP contribution in [0, 0.1) is 6.92 Å². The highest BCUT2D eigenvalue weighted by molar-refractivity contribution is 7.89. The Labute approximate surface area is 195 Å². The highest BCUT2D eigenvalue weighted by Gasteiger charge is 2.27. The molecule has 1 aromatic carbocycles. The molecule has 11 nitrogen and oxygen atoms in total. The molecule has 1 aliphatic heterocycles. The summed E-state index contributed by atoms with van der Waals surface area (Å²) in [6.45, 7) is 4.14. The lowest BCUT2D eigenvalue weighted by atomic mass is 10.2. The van der Waals surface area contributed by atoms with Crippen LogP contribution in [0.4, 0.5) is 5.82 Å². The van der Waals surface area contributed by atoms with E-state index in [-0.39, 0.29) is 57.7 Å². The molecule has 2 aromatic heterocycles. The standard InChI is InChI=1S/C22H24N4O7S/c1-3-31-22(28)17-13(2)33-20-18(17)19(23)24-16(25-20)12-32-21(27)14-6-8-15(9-7-14)34(29,30)26-10-4-5-11-26/h6-9H,3-5,10-12H2,1-2H3,(H2,23,24,25). The van der Waals surface area contributed by atoms with Crippen molar-refractivity contribution in [1.82, 2.24) is 14.3 Å². The second-order valence-electron chi connectivity index (χ2n) is 7.67. The topological polar surface area (TPSA) is 155 Å². The fourth-order valence-corrected chi connectivity index (χ4v) is 5.27. The summed E-state index contributed by atoms with van der Waals surface area (Å²) in [5.41, 5.74) is 6.42. The van der Waals surface area contributed by atoms with Crippen molar-refractivity contribution >= 4 is 38.9 Å². The first-order valence-electron chi connectivity index (χ1n) is 10.7. The predicted octanol–water partition coefficient (Wildman–Crippen LogP) is 2.43. The third kappa shape index (κ3) is 4.46. The van der Waals surface area contributed by atoms with Gasteiger partial charge in [0.25, 0.3) is 0 Å². The predicted molar refractivity (Wildman–Crippen MR) is 120 cm³/mol. The Hall–Kier alpha value is -3.51. The van der Waals surface area contributed by atoms with Gasteiger partial charge in [-0.1, -0.05) is 0 Å². The number of benzene rings is 1. The minimum absolute atomic E-state index is 0.00701. The molecular formula is C22H24N4O7S. The van der Waals surface area contributed by atoms with Gasteiger partial charge in [-0.05, 0) is 51.0 Å². The number of hydrogen-bond acceptors (Lipinski definition) is 10. The molecule has 4 rings (SSSR count). The number of nitrogens with zero attached hydrogens (tertiary/aromatic N) is 3. The largest absolute Gasteiger partial charge is 0.462 e. The zero-order valence-corrected chi connectivity index (χ0v) is 19.6. The summed E-state index contributed by atoms with van der Waals surface area (Å²) >= 11 is 0. The minimum atomic E-state index is -3.57. The van der Waals surface area contributed by atoms with Crippen LogP contribution in [0.3, 0.4) is 0 Å². The van der Waals surface area contributed by atoms with Gasteiger partial charge in [0.2, 0.25) is 15.7 Å². The number of carbonyl (C=O) groups is 2. The number of sulfonamides is 1. The number of rotatable bonds is 7. The van der Waals surface area contributed by atoms with Crippen LogP contribution < -0.4 is 5.73 Å². The first-order chi connectivity index (χ1) is 16.2. The Balaban J connectivity index is 1.47. The molecule has 0 spiro atoms. The Morgan fingerprint density at radius 1 is 1.09 bits per heavy atom. The molecule has 0 aliphatic carbocycles. The average Bonchev–Trinajstić information content (AvgIpc) is 3.46. The Morgan fingerprint density at radius 3 is 2.41 bits per heavy atom. The number of hydrogen-bond donors (Lipinski definition) is 1. The van der Waals surface area contributed by atoms with E-state index >= 15 is 0 Å². The van der Waals surface area contributed by atoms with Gasteiger partial charge >= 0.3 is 11.9 Å². The van der Waals surface area contributed by atoms with E-state index in [1.165, 1.54) is 28.6 Å². The number of aromatic nitrogens is 2. The second-order valence-corrected chi connectivity index (χ2v) is 9.61. The molecule has 1 saturated heterocycles. The van der Waals surface area contributed by atoms with Crippen molar-refractivity contribution in [2.24, 2.45) is 0 Å². The van der Waals surface area contributed by atoms with E-state index in [0.717, 1.165) is 12.8 Å². The van der Waals surface area contributed by atoms with Gasteiger partial charge in [-0.3, -0.25) is 0 Å². The molecular weight excluding hydrogens is 464 g/mol. The van der Waals surface area contributed by atoms with Crippen molar-refractivity contribution in [2.45, 2.75) is 38.2 Å². The van der Waals surface area contributed by atoms with Gasteiger partial charge in [-0.2, -0.15) is 9.29 Å². The summed E-state index contributed by atoms with van der Waals surface area (Å²) in [6, 6.07) is 5.55. The van der Waals surface area contributed by atoms with Crippen LogP contribution in [0.2, 0.25) is 0 Å². The van der Waals surface area contributed by atoms with Crippen molar-refractivity contribution in [3.05, 3.63) is 47.0 Å². The molecule has 0 radical (unpaired) electrons. The summed E-state index contributed by atoms with van der Waals surface area (Å²) < 4.78 is 42.5. The maximum atomic E-state index is 12.6. The maximum Gasteiger partial charge on any atom is 0.342 e. The van der Waals surface area contributed by atoms with Crippen LogP contribution in [0.1, 0.15) is 52.1 Å². The van der Waals surface area contributed by atoms with Gasteiger partial charge in [0.05, 0.1) is 22.5 Å². The van der Waals surface area contributed by atoms with Crippen molar-refractivity contribution in [2.75, 3.05) is 25.4 Å². The lowest BCUT2D eigenvalue weighted by Crippen LogP contribution is -2.27.